The lowest BCUT2D eigenvalue weighted by Crippen LogP contribution is -2.33. The smallest absolute Gasteiger partial charge is 0.231 e. The van der Waals surface area contributed by atoms with Crippen molar-refractivity contribution in [2.75, 3.05) is 56.8 Å². The molecule has 9 heteroatoms. The molecule has 0 radical (unpaired) electrons. The molecule has 0 aliphatic carbocycles. The molecule has 27 heavy (non-hydrogen) atoms. The summed E-state index contributed by atoms with van der Waals surface area (Å²) in [6.45, 7) is 3.63. The van der Waals surface area contributed by atoms with Crippen molar-refractivity contribution in [3.8, 4) is 0 Å². The standard InChI is InChI=1S/C18H25Cl2N7/c1-12-10-16(22-8-9-26(3)4)24-17(23-12)25-18(21-2)27(5)13-6-7-14(19)15(20)11-13/h6-7,10-11H,8-9H2,1-5H3,(H2,21,22,23,24,25). The number of hydrogen-bond donors (Lipinski definition) is 2. The van der Waals surface area contributed by atoms with Gasteiger partial charge in [0, 0.05) is 44.6 Å². The van der Waals surface area contributed by atoms with E-state index in [-0.39, 0.29) is 0 Å². The van der Waals surface area contributed by atoms with E-state index in [1.54, 1.807) is 19.2 Å². The summed E-state index contributed by atoms with van der Waals surface area (Å²) in [4.78, 5) is 17.2. The quantitative estimate of drug-likeness (QED) is 0.560. The second-order valence-electron chi connectivity index (χ2n) is 6.28. The molecule has 0 aliphatic heterocycles. The topological polar surface area (TPSA) is 68.7 Å². The van der Waals surface area contributed by atoms with Gasteiger partial charge in [0.1, 0.15) is 5.82 Å². The van der Waals surface area contributed by atoms with Crippen molar-refractivity contribution in [3.63, 3.8) is 0 Å². The fraction of sp³-hybridized carbons (Fsp3) is 0.389. The van der Waals surface area contributed by atoms with E-state index in [0.717, 1.165) is 30.3 Å². The van der Waals surface area contributed by atoms with Crippen molar-refractivity contribution in [1.82, 2.24) is 14.9 Å². The summed E-state index contributed by atoms with van der Waals surface area (Å²) in [5.74, 6) is 1.81. The number of rotatable bonds is 6. The third kappa shape index (κ3) is 6.23. The van der Waals surface area contributed by atoms with Crippen LogP contribution in [-0.2, 0) is 0 Å². The Morgan fingerprint density at radius 1 is 1.11 bits per heavy atom. The predicted molar refractivity (Wildman–Crippen MR) is 116 cm³/mol. The van der Waals surface area contributed by atoms with Crippen molar-refractivity contribution in [2.45, 2.75) is 6.92 Å². The highest BCUT2D eigenvalue weighted by Gasteiger charge is 2.12. The van der Waals surface area contributed by atoms with Crippen LogP contribution < -0.4 is 15.5 Å². The molecule has 0 spiro atoms. The lowest BCUT2D eigenvalue weighted by Gasteiger charge is -2.22. The number of anilines is 3. The van der Waals surface area contributed by atoms with Crippen LogP contribution in [0.25, 0.3) is 0 Å². The minimum atomic E-state index is 0.467. The number of halogens is 2. The first-order valence-corrected chi connectivity index (χ1v) is 9.22. The van der Waals surface area contributed by atoms with Crippen LogP contribution >= 0.6 is 23.2 Å². The van der Waals surface area contributed by atoms with Crippen molar-refractivity contribution in [1.29, 1.82) is 0 Å². The van der Waals surface area contributed by atoms with Crippen LogP contribution in [-0.4, -0.2) is 62.1 Å². The van der Waals surface area contributed by atoms with Crippen molar-refractivity contribution < 1.29 is 0 Å². The molecule has 2 N–H and O–H groups in total. The maximum Gasteiger partial charge on any atom is 0.231 e. The normalized spacial score (nSPS) is 11.6. The number of likely N-dealkylation sites (N-methyl/N-ethyl adjacent to an activating group) is 1. The Balaban J connectivity index is 2.15. The Bertz CT molecular complexity index is 808. The minimum Gasteiger partial charge on any atom is -0.369 e. The number of benzene rings is 1. The zero-order valence-electron chi connectivity index (χ0n) is 16.2. The first kappa shape index (κ1) is 21.2. The van der Waals surface area contributed by atoms with Gasteiger partial charge in [-0.3, -0.25) is 10.3 Å². The minimum absolute atomic E-state index is 0.467. The Kier molecular flexibility index (Phi) is 7.65. The number of guanidine groups is 1. The van der Waals surface area contributed by atoms with E-state index in [4.69, 9.17) is 23.2 Å². The van der Waals surface area contributed by atoms with Gasteiger partial charge in [-0.1, -0.05) is 23.2 Å². The van der Waals surface area contributed by atoms with Gasteiger partial charge in [0.05, 0.1) is 10.0 Å². The van der Waals surface area contributed by atoms with E-state index in [0.29, 0.717) is 22.0 Å². The molecular formula is C18H25Cl2N7. The summed E-state index contributed by atoms with van der Waals surface area (Å²) in [5, 5.41) is 7.46. The number of aliphatic imine (C=N–C) groups is 1. The Hall–Kier alpha value is -2.09. The highest BCUT2D eigenvalue weighted by atomic mass is 35.5. The fourth-order valence-corrected chi connectivity index (χ4v) is 2.62. The van der Waals surface area contributed by atoms with Gasteiger partial charge in [0.15, 0.2) is 0 Å². The highest BCUT2D eigenvalue weighted by Crippen LogP contribution is 2.27. The molecule has 0 unspecified atom stereocenters. The molecule has 1 aromatic carbocycles. The summed E-state index contributed by atoms with van der Waals surface area (Å²) < 4.78 is 0. The van der Waals surface area contributed by atoms with E-state index in [1.165, 1.54) is 0 Å². The molecule has 2 aromatic rings. The van der Waals surface area contributed by atoms with Gasteiger partial charge in [0.2, 0.25) is 11.9 Å². The predicted octanol–water partition coefficient (Wildman–Crippen LogP) is 3.60. The molecule has 0 amide bonds. The summed E-state index contributed by atoms with van der Waals surface area (Å²) in [6.07, 6.45) is 0. The Morgan fingerprint density at radius 3 is 2.48 bits per heavy atom. The van der Waals surface area contributed by atoms with Crippen LogP contribution in [0.5, 0.6) is 0 Å². The van der Waals surface area contributed by atoms with E-state index >= 15 is 0 Å². The number of hydrogen-bond acceptors (Lipinski definition) is 5. The van der Waals surface area contributed by atoms with Gasteiger partial charge < -0.3 is 15.1 Å². The Labute approximate surface area is 170 Å². The summed E-state index contributed by atoms with van der Waals surface area (Å²) >= 11 is 12.1. The number of aromatic nitrogens is 2. The van der Waals surface area contributed by atoms with Gasteiger partial charge in [-0.2, -0.15) is 4.98 Å². The van der Waals surface area contributed by atoms with Crippen LogP contribution in [0.3, 0.4) is 0 Å². The maximum absolute atomic E-state index is 6.12. The molecule has 146 valence electrons. The SMILES string of the molecule is C/N=C(/Nc1nc(C)cc(NCCN(C)C)n1)N(C)c1ccc(Cl)c(Cl)c1. The molecule has 7 nitrogen and oxygen atoms in total. The summed E-state index contributed by atoms with van der Waals surface area (Å²) in [7, 11) is 7.63. The molecule has 0 fully saturated rings. The monoisotopic (exact) mass is 409 g/mol. The first-order chi connectivity index (χ1) is 12.8. The van der Waals surface area contributed by atoms with Gasteiger partial charge in [-0.05, 0) is 39.2 Å². The van der Waals surface area contributed by atoms with Crippen molar-refractivity contribution in [2.24, 2.45) is 4.99 Å². The van der Waals surface area contributed by atoms with Gasteiger partial charge >= 0.3 is 0 Å². The molecule has 1 aromatic heterocycles. The molecule has 1 heterocycles. The van der Waals surface area contributed by atoms with Crippen LogP contribution in [0.15, 0.2) is 29.3 Å². The van der Waals surface area contributed by atoms with Crippen molar-refractivity contribution >= 4 is 46.6 Å². The first-order valence-electron chi connectivity index (χ1n) is 8.47. The highest BCUT2D eigenvalue weighted by molar-refractivity contribution is 6.42. The summed E-state index contributed by atoms with van der Waals surface area (Å²) in [6, 6.07) is 7.31. The third-order valence-electron chi connectivity index (χ3n) is 3.76. The molecule has 0 saturated heterocycles. The van der Waals surface area contributed by atoms with Crippen LogP contribution in [0, 0.1) is 6.92 Å². The fourth-order valence-electron chi connectivity index (χ4n) is 2.33. The van der Waals surface area contributed by atoms with Crippen LogP contribution in [0.2, 0.25) is 10.0 Å². The number of nitrogens with zero attached hydrogens (tertiary/aromatic N) is 5. The molecule has 2 rings (SSSR count). The molecule has 0 bridgehead atoms. The lowest BCUT2D eigenvalue weighted by molar-refractivity contribution is 0.425. The maximum atomic E-state index is 6.12. The van der Waals surface area contributed by atoms with E-state index in [1.807, 2.05) is 45.1 Å². The second-order valence-corrected chi connectivity index (χ2v) is 7.09. The second kappa shape index (κ2) is 9.73. The van der Waals surface area contributed by atoms with Gasteiger partial charge in [-0.25, -0.2) is 4.98 Å². The van der Waals surface area contributed by atoms with Crippen LogP contribution in [0.4, 0.5) is 17.5 Å². The van der Waals surface area contributed by atoms with E-state index < -0.39 is 0 Å². The van der Waals surface area contributed by atoms with Gasteiger partial charge in [0.25, 0.3) is 0 Å². The number of nitrogens with one attached hydrogen (secondary N) is 2. The molecule has 0 aliphatic rings. The zero-order chi connectivity index (χ0) is 20.0. The van der Waals surface area contributed by atoms with E-state index in [9.17, 15) is 0 Å². The van der Waals surface area contributed by atoms with Crippen LogP contribution in [0.1, 0.15) is 5.69 Å². The number of aryl methyl sites for hydroxylation is 1. The largest absolute Gasteiger partial charge is 0.369 e. The molecule has 0 atom stereocenters. The third-order valence-corrected chi connectivity index (χ3v) is 4.50. The zero-order valence-corrected chi connectivity index (χ0v) is 17.7. The molecule has 0 saturated carbocycles. The van der Waals surface area contributed by atoms with Gasteiger partial charge in [-0.15, -0.1) is 0 Å². The lowest BCUT2D eigenvalue weighted by atomic mass is 10.3. The average molecular weight is 410 g/mol. The van der Waals surface area contributed by atoms with Crippen molar-refractivity contribution in [3.05, 3.63) is 40.0 Å². The summed E-state index contributed by atoms with van der Waals surface area (Å²) in [5.41, 5.74) is 1.70. The molecular weight excluding hydrogens is 385 g/mol. The average Bonchev–Trinajstić information content (AvgIpc) is 2.60. The Morgan fingerprint density at radius 2 is 1.85 bits per heavy atom. The van der Waals surface area contributed by atoms with E-state index in [2.05, 4.69) is 30.5 Å².